The highest BCUT2D eigenvalue weighted by Crippen LogP contribution is 2.22. The molecule has 1 N–H and O–H groups in total. The molecule has 1 aromatic heterocycles. The first kappa shape index (κ1) is 18.9. The molecular formula is C21H26N4O2. The highest BCUT2D eigenvalue weighted by Gasteiger charge is 2.14. The van der Waals surface area contributed by atoms with Crippen molar-refractivity contribution in [3.05, 3.63) is 54.4 Å². The molecule has 0 atom stereocenters. The van der Waals surface area contributed by atoms with Gasteiger partial charge in [0.2, 0.25) is 11.8 Å². The van der Waals surface area contributed by atoms with E-state index in [2.05, 4.69) is 15.2 Å². The number of nitrogens with one attached hydrogen (secondary N) is 1. The molecule has 1 aromatic carbocycles. The molecule has 2 amide bonds. The minimum Gasteiger partial charge on any atom is -0.372 e. The zero-order valence-corrected chi connectivity index (χ0v) is 15.7. The molecule has 0 spiro atoms. The Balaban J connectivity index is 1.49. The van der Waals surface area contributed by atoms with Crippen molar-refractivity contribution >= 4 is 23.2 Å². The van der Waals surface area contributed by atoms with Crippen molar-refractivity contribution in [3.8, 4) is 0 Å². The van der Waals surface area contributed by atoms with E-state index in [1.165, 1.54) is 25.5 Å². The van der Waals surface area contributed by atoms with E-state index in [1.54, 1.807) is 17.3 Å². The summed E-state index contributed by atoms with van der Waals surface area (Å²) in [5, 5.41) is 2.91. The molecule has 1 saturated heterocycles. The lowest BCUT2D eigenvalue weighted by molar-refractivity contribution is -0.129. The number of rotatable bonds is 7. The fraction of sp³-hybridized carbons (Fsp3) is 0.381. The average Bonchev–Trinajstić information content (AvgIpc) is 3.21. The highest BCUT2D eigenvalue weighted by atomic mass is 16.2. The van der Waals surface area contributed by atoms with Gasteiger partial charge in [-0.15, -0.1) is 0 Å². The Hall–Kier alpha value is -2.89. The van der Waals surface area contributed by atoms with E-state index in [1.807, 2.05) is 36.4 Å². The van der Waals surface area contributed by atoms with Gasteiger partial charge in [-0.05, 0) is 48.7 Å². The first-order chi connectivity index (χ1) is 13.1. The smallest absolute Gasteiger partial charge is 0.226 e. The number of benzene rings is 1. The fourth-order valence-corrected chi connectivity index (χ4v) is 3.25. The number of aromatic nitrogens is 1. The molecule has 1 aliphatic rings. The lowest BCUT2D eigenvalue weighted by Gasteiger charge is -2.21. The van der Waals surface area contributed by atoms with Crippen molar-refractivity contribution < 1.29 is 9.59 Å². The number of hydrogen-bond donors (Lipinski definition) is 1. The summed E-state index contributed by atoms with van der Waals surface area (Å²) in [6.45, 7) is 4.56. The zero-order valence-electron chi connectivity index (χ0n) is 15.7. The molecule has 1 fully saturated rings. The molecular weight excluding hydrogens is 340 g/mol. The van der Waals surface area contributed by atoms with Gasteiger partial charge >= 0.3 is 0 Å². The van der Waals surface area contributed by atoms with Gasteiger partial charge in [0.1, 0.15) is 0 Å². The van der Waals surface area contributed by atoms with Crippen molar-refractivity contribution in [1.82, 2.24) is 9.88 Å². The SMILES string of the molecule is CC(=O)N(CCC(=O)Nc1ccc(N2CCCC2)cc1)Cc1cccnc1. The third kappa shape index (κ3) is 5.54. The van der Waals surface area contributed by atoms with Crippen molar-refractivity contribution in [1.29, 1.82) is 0 Å². The van der Waals surface area contributed by atoms with E-state index in [9.17, 15) is 9.59 Å². The standard InChI is InChI=1S/C21H26N4O2/c1-17(26)25(16-18-5-4-11-22-15-18)14-10-21(27)23-19-6-8-20(9-7-19)24-12-2-3-13-24/h4-9,11,15H,2-3,10,12-14,16H2,1H3,(H,23,27). The molecule has 3 rings (SSSR count). The van der Waals surface area contributed by atoms with Gasteiger partial charge in [-0.2, -0.15) is 0 Å². The summed E-state index contributed by atoms with van der Waals surface area (Å²) in [6.07, 6.45) is 6.17. The number of amides is 2. The topological polar surface area (TPSA) is 65.5 Å². The van der Waals surface area contributed by atoms with Crippen LogP contribution in [0.4, 0.5) is 11.4 Å². The second-order valence-corrected chi connectivity index (χ2v) is 6.84. The Kier molecular flexibility index (Phi) is 6.41. The van der Waals surface area contributed by atoms with Gasteiger partial charge in [-0.1, -0.05) is 6.07 Å². The number of pyridine rings is 1. The van der Waals surface area contributed by atoms with Crippen molar-refractivity contribution in [2.75, 3.05) is 29.9 Å². The van der Waals surface area contributed by atoms with Crippen LogP contribution in [-0.2, 0) is 16.1 Å². The Bertz CT molecular complexity index is 756. The van der Waals surface area contributed by atoms with Crippen LogP contribution in [0.25, 0.3) is 0 Å². The Labute approximate surface area is 160 Å². The van der Waals surface area contributed by atoms with Crippen molar-refractivity contribution in [2.45, 2.75) is 32.7 Å². The Morgan fingerprint density at radius 1 is 1.15 bits per heavy atom. The first-order valence-electron chi connectivity index (χ1n) is 9.41. The minimum atomic E-state index is -0.0960. The molecule has 0 radical (unpaired) electrons. The molecule has 2 aromatic rings. The van der Waals surface area contributed by atoms with Gasteiger partial charge in [-0.3, -0.25) is 14.6 Å². The molecule has 6 nitrogen and oxygen atoms in total. The lowest BCUT2D eigenvalue weighted by Crippen LogP contribution is -2.31. The molecule has 1 aliphatic heterocycles. The van der Waals surface area contributed by atoms with Crippen molar-refractivity contribution in [3.63, 3.8) is 0 Å². The second kappa shape index (κ2) is 9.16. The predicted octanol–water partition coefficient (Wildman–Crippen LogP) is 3.06. The quantitative estimate of drug-likeness (QED) is 0.818. The highest BCUT2D eigenvalue weighted by molar-refractivity contribution is 5.91. The lowest BCUT2D eigenvalue weighted by atomic mass is 10.2. The molecule has 0 unspecified atom stereocenters. The van der Waals surface area contributed by atoms with E-state index < -0.39 is 0 Å². The predicted molar refractivity (Wildman–Crippen MR) is 106 cm³/mol. The molecule has 2 heterocycles. The summed E-state index contributed by atoms with van der Waals surface area (Å²) in [4.78, 5) is 32.2. The summed E-state index contributed by atoms with van der Waals surface area (Å²) in [7, 11) is 0. The minimum absolute atomic E-state index is 0.0541. The molecule has 0 aliphatic carbocycles. The van der Waals surface area contributed by atoms with Gasteiger partial charge < -0.3 is 15.1 Å². The number of carbonyl (C=O) groups is 2. The van der Waals surface area contributed by atoms with E-state index in [0.717, 1.165) is 24.3 Å². The van der Waals surface area contributed by atoms with Gasteiger partial charge in [0, 0.05) is 63.3 Å². The number of carbonyl (C=O) groups excluding carboxylic acids is 2. The summed E-state index contributed by atoms with van der Waals surface area (Å²) in [5.74, 6) is -0.150. The van der Waals surface area contributed by atoms with Crippen LogP contribution in [0.3, 0.4) is 0 Å². The summed E-state index contributed by atoms with van der Waals surface area (Å²) in [5.41, 5.74) is 2.93. The van der Waals surface area contributed by atoms with Gasteiger partial charge in [0.25, 0.3) is 0 Å². The third-order valence-corrected chi connectivity index (χ3v) is 4.77. The largest absolute Gasteiger partial charge is 0.372 e. The van der Waals surface area contributed by atoms with Gasteiger partial charge in [0.15, 0.2) is 0 Å². The maximum Gasteiger partial charge on any atom is 0.226 e. The number of hydrogen-bond acceptors (Lipinski definition) is 4. The normalized spacial score (nSPS) is 13.4. The van der Waals surface area contributed by atoms with Gasteiger partial charge in [0.05, 0.1) is 0 Å². The van der Waals surface area contributed by atoms with E-state index >= 15 is 0 Å². The second-order valence-electron chi connectivity index (χ2n) is 6.84. The number of anilines is 2. The zero-order chi connectivity index (χ0) is 19.1. The average molecular weight is 366 g/mol. The molecule has 0 bridgehead atoms. The fourth-order valence-electron chi connectivity index (χ4n) is 3.25. The third-order valence-electron chi connectivity index (χ3n) is 4.77. The number of nitrogens with zero attached hydrogens (tertiary/aromatic N) is 3. The van der Waals surface area contributed by atoms with Crippen LogP contribution in [0.5, 0.6) is 0 Å². The Morgan fingerprint density at radius 2 is 1.89 bits per heavy atom. The summed E-state index contributed by atoms with van der Waals surface area (Å²) in [6, 6.07) is 11.7. The molecule has 6 heteroatoms. The van der Waals surface area contributed by atoms with Crippen LogP contribution in [0, 0.1) is 0 Å². The van der Waals surface area contributed by atoms with E-state index in [4.69, 9.17) is 0 Å². The monoisotopic (exact) mass is 366 g/mol. The van der Waals surface area contributed by atoms with Crippen LogP contribution in [0.15, 0.2) is 48.8 Å². The summed E-state index contributed by atoms with van der Waals surface area (Å²) < 4.78 is 0. The van der Waals surface area contributed by atoms with E-state index in [0.29, 0.717) is 13.1 Å². The maximum absolute atomic E-state index is 12.3. The molecule has 0 saturated carbocycles. The van der Waals surface area contributed by atoms with E-state index in [-0.39, 0.29) is 18.2 Å². The molecule has 142 valence electrons. The van der Waals surface area contributed by atoms with Crippen LogP contribution in [0.2, 0.25) is 0 Å². The maximum atomic E-state index is 12.3. The van der Waals surface area contributed by atoms with Crippen molar-refractivity contribution in [2.24, 2.45) is 0 Å². The van der Waals surface area contributed by atoms with Crippen LogP contribution in [-0.4, -0.2) is 41.3 Å². The van der Waals surface area contributed by atoms with Crippen LogP contribution < -0.4 is 10.2 Å². The molecule has 27 heavy (non-hydrogen) atoms. The Morgan fingerprint density at radius 3 is 2.52 bits per heavy atom. The summed E-state index contributed by atoms with van der Waals surface area (Å²) >= 11 is 0. The first-order valence-corrected chi connectivity index (χ1v) is 9.41. The van der Waals surface area contributed by atoms with Crippen LogP contribution in [0.1, 0.15) is 31.7 Å². The van der Waals surface area contributed by atoms with Gasteiger partial charge in [-0.25, -0.2) is 0 Å². The van der Waals surface area contributed by atoms with Crippen LogP contribution >= 0.6 is 0 Å².